The van der Waals surface area contributed by atoms with Crippen molar-refractivity contribution in [3.05, 3.63) is 58.6 Å². The van der Waals surface area contributed by atoms with Gasteiger partial charge in [0.05, 0.1) is 5.69 Å². The number of hydrogen-bond acceptors (Lipinski definition) is 3. The SMILES string of the molecule is Nc1cc(Br)ccc1S(=O)(=O)NC1CC1c1ccccc1. The predicted octanol–water partition coefficient (Wildman–Crippen LogP) is 2.87. The standard InChI is InChI=1S/C15H15BrN2O2S/c16-11-6-7-15(13(17)8-11)21(19,20)18-14-9-12(14)10-4-2-1-3-5-10/h1-8,12,14,18H,9,17H2. The minimum Gasteiger partial charge on any atom is -0.398 e. The summed E-state index contributed by atoms with van der Waals surface area (Å²) in [5.41, 5.74) is 7.21. The Hall–Kier alpha value is -1.37. The third kappa shape index (κ3) is 3.12. The van der Waals surface area contributed by atoms with Crippen LogP contribution in [-0.4, -0.2) is 14.5 Å². The van der Waals surface area contributed by atoms with Gasteiger partial charge in [-0.1, -0.05) is 46.3 Å². The van der Waals surface area contributed by atoms with Crippen LogP contribution in [0.4, 0.5) is 5.69 Å². The van der Waals surface area contributed by atoms with Crippen molar-refractivity contribution in [2.45, 2.75) is 23.3 Å². The molecule has 1 aliphatic rings. The molecule has 0 saturated heterocycles. The highest BCUT2D eigenvalue weighted by Crippen LogP contribution is 2.41. The van der Waals surface area contributed by atoms with Crippen LogP contribution in [0.3, 0.4) is 0 Å². The first kappa shape index (κ1) is 14.6. The van der Waals surface area contributed by atoms with Gasteiger partial charge in [0.1, 0.15) is 4.90 Å². The highest BCUT2D eigenvalue weighted by molar-refractivity contribution is 9.10. The van der Waals surface area contributed by atoms with Crippen LogP contribution in [0.2, 0.25) is 0 Å². The molecule has 4 nitrogen and oxygen atoms in total. The maximum atomic E-state index is 12.4. The van der Waals surface area contributed by atoms with Crippen molar-refractivity contribution in [3.8, 4) is 0 Å². The minimum absolute atomic E-state index is 0.0551. The van der Waals surface area contributed by atoms with E-state index < -0.39 is 10.0 Å². The van der Waals surface area contributed by atoms with Gasteiger partial charge in [0.25, 0.3) is 0 Å². The lowest BCUT2D eigenvalue weighted by Gasteiger charge is -2.09. The molecule has 2 unspecified atom stereocenters. The molecule has 2 atom stereocenters. The summed E-state index contributed by atoms with van der Waals surface area (Å²) < 4.78 is 28.3. The van der Waals surface area contributed by atoms with Gasteiger partial charge in [-0.2, -0.15) is 0 Å². The lowest BCUT2D eigenvalue weighted by atomic mass is 10.1. The van der Waals surface area contributed by atoms with Gasteiger partial charge in [-0.15, -0.1) is 0 Å². The van der Waals surface area contributed by atoms with Crippen LogP contribution >= 0.6 is 15.9 Å². The fraction of sp³-hybridized carbons (Fsp3) is 0.200. The largest absolute Gasteiger partial charge is 0.398 e. The number of nitrogens with two attached hydrogens (primary N) is 1. The number of anilines is 1. The summed E-state index contributed by atoms with van der Waals surface area (Å²) in [7, 11) is -3.58. The van der Waals surface area contributed by atoms with Gasteiger partial charge in [-0.25, -0.2) is 13.1 Å². The summed E-state index contributed by atoms with van der Waals surface area (Å²) in [5.74, 6) is 0.248. The Labute approximate surface area is 132 Å². The third-order valence-corrected chi connectivity index (χ3v) is 5.64. The van der Waals surface area contributed by atoms with E-state index in [1.807, 2.05) is 30.3 Å². The van der Waals surface area contributed by atoms with Crippen molar-refractivity contribution in [2.24, 2.45) is 0 Å². The molecular formula is C15H15BrN2O2S. The topological polar surface area (TPSA) is 72.2 Å². The molecule has 0 spiro atoms. The van der Waals surface area contributed by atoms with E-state index in [-0.39, 0.29) is 22.5 Å². The van der Waals surface area contributed by atoms with E-state index in [2.05, 4.69) is 20.7 Å². The lowest BCUT2D eigenvalue weighted by molar-refractivity contribution is 0.580. The van der Waals surface area contributed by atoms with Gasteiger partial charge in [-0.05, 0) is 30.2 Å². The van der Waals surface area contributed by atoms with Gasteiger partial charge in [-0.3, -0.25) is 0 Å². The van der Waals surface area contributed by atoms with Crippen LogP contribution in [0.25, 0.3) is 0 Å². The first-order chi connectivity index (χ1) is 9.97. The summed E-state index contributed by atoms with van der Waals surface area (Å²) in [6.07, 6.45) is 0.819. The van der Waals surface area contributed by atoms with Crippen LogP contribution in [0, 0.1) is 0 Å². The number of nitrogen functional groups attached to an aromatic ring is 1. The fourth-order valence-electron chi connectivity index (χ4n) is 2.42. The van der Waals surface area contributed by atoms with E-state index in [0.29, 0.717) is 0 Å². The zero-order chi connectivity index (χ0) is 15.0. The van der Waals surface area contributed by atoms with E-state index in [1.165, 1.54) is 6.07 Å². The van der Waals surface area contributed by atoms with Crippen molar-refractivity contribution in [1.29, 1.82) is 0 Å². The molecule has 0 bridgehead atoms. The van der Waals surface area contributed by atoms with Gasteiger partial charge < -0.3 is 5.73 Å². The molecule has 0 radical (unpaired) electrons. The van der Waals surface area contributed by atoms with Crippen molar-refractivity contribution in [1.82, 2.24) is 4.72 Å². The summed E-state index contributed by atoms with van der Waals surface area (Å²) in [6, 6.07) is 14.6. The normalized spacial score (nSPS) is 21.2. The molecule has 0 amide bonds. The van der Waals surface area contributed by atoms with Gasteiger partial charge >= 0.3 is 0 Å². The zero-order valence-corrected chi connectivity index (χ0v) is 13.6. The molecule has 0 aromatic heterocycles. The summed E-state index contributed by atoms with van der Waals surface area (Å²) in [5, 5.41) is 0. The average molecular weight is 367 g/mol. The Morgan fingerprint density at radius 1 is 1.14 bits per heavy atom. The summed E-state index contributed by atoms with van der Waals surface area (Å²) in [6.45, 7) is 0. The number of halogens is 1. The van der Waals surface area contributed by atoms with Gasteiger partial charge in [0, 0.05) is 16.4 Å². The molecule has 2 aromatic carbocycles. The van der Waals surface area contributed by atoms with E-state index >= 15 is 0 Å². The highest BCUT2D eigenvalue weighted by atomic mass is 79.9. The van der Waals surface area contributed by atoms with Crippen LogP contribution in [-0.2, 0) is 10.0 Å². The third-order valence-electron chi connectivity index (χ3n) is 3.59. The fourth-order valence-corrected chi connectivity index (χ4v) is 4.20. The van der Waals surface area contributed by atoms with Crippen molar-refractivity contribution in [3.63, 3.8) is 0 Å². The summed E-state index contributed by atoms with van der Waals surface area (Å²) in [4.78, 5) is 0.129. The maximum absolute atomic E-state index is 12.4. The molecule has 1 aliphatic carbocycles. The molecule has 1 fully saturated rings. The van der Waals surface area contributed by atoms with Gasteiger partial charge in [0.2, 0.25) is 10.0 Å². The predicted molar refractivity (Wildman–Crippen MR) is 86.5 cm³/mol. The van der Waals surface area contributed by atoms with E-state index in [1.54, 1.807) is 12.1 Å². The Kier molecular flexibility index (Phi) is 3.77. The van der Waals surface area contributed by atoms with E-state index in [4.69, 9.17) is 5.73 Å². The quantitative estimate of drug-likeness (QED) is 0.817. The number of sulfonamides is 1. The molecule has 6 heteroatoms. The number of nitrogens with one attached hydrogen (secondary N) is 1. The molecule has 2 aromatic rings. The zero-order valence-electron chi connectivity index (χ0n) is 11.2. The van der Waals surface area contributed by atoms with Crippen LogP contribution in [0.15, 0.2) is 57.9 Å². The number of rotatable bonds is 4. The first-order valence-electron chi connectivity index (χ1n) is 6.60. The second-order valence-corrected chi connectivity index (χ2v) is 7.76. The van der Waals surface area contributed by atoms with Crippen LogP contribution in [0.1, 0.15) is 17.9 Å². The molecule has 3 rings (SSSR count). The van der Waals surface area contributed by atoms with Crippen molar-refractivity contribution < 1.29 is 8.42 Å². The van der Waals surface area contributed by atoms with Crippen LogP contribution in [0.5, 0.6) is 0 Å². The molecular weight excluding hydrogens is 352 g/mol. The summed E-state index contributed by atoms with van der Waals surface area (Å²) >= 11 is 3.27. The Bertz CT molecular complexity index is 762. The van der Waals surface area contributed by atoms with Crippen LogP contribution < -0.4 is 10.5 Å². The second kappa shape index (κ2) is 5.44. The first-order valence-corrected chi connectivity index (χ1v) is 8.87. The highest BCUT2D eigenvalue weighted by Gasteiger charge is 2.41. The molecule has 0 aliphatic heterocycles. The Balaban J connectivity index is 1.76. The monoisotopic (exact) mass is 366 g/mol. The van der Waals surface area contributed by atoms with E-state index in [9.17, 15) is 8.42 Å². The Morgan fingerprint density at radius 3 is 2.52 bits per heavy atom. The smallest absolute Gasteiger partial charge is 0.242 e. The van der Waals surface area contributed by atoms with E-state index in [0.717, 1.165) is 16.5 Å². The number of hydrogen-bond donors (Lipinski definition) is 2. The minimum atomic E-state index is -3.58. The molecule has 110 valence electrons. The lowest BCUT2D eigenvalue weighted by Crippen LogP contribution is -2.27. The van der Waals surface area contributed by atoms with Crippen molar-refractivity contribution in [2.75, 3.05) is 5.73 Å². The molecule has 21 heavy (non-hydrogen) atoms. The van der Waals surface area contributed by atoms with Crippen molar-refractivity contribution >= 4 is 31.6 Å². The Morgan fingerprint density at radius 2 is 1.86 bits per heavy atom. The second-order valence-electron chi connectivity index (χ2n) is 5.16. The molecule has 3 N–H and O–H groups in total. The molecule has 0 heterocycles. The maximum Gasteiger partial charge on any atom is 0.242 e. The van der Waals surface area contributed by atoms with Gasteiger partial charge in [0.15, 0.2) is 0 Å². The average Bonchev–Trinajstić information content (AvgIpc) is 3.17. The number of benzene rings is 2. The molecule has 1 saturated carbocycles.